The minimum Gasteiger partial charge on any atom is -0.325 e. The van der Waals surface area contributed by atoms with Crippen LogP contribution < -0.4 is 10.2 Å². The van der Waals surface area contributed by atoms with Crippen molar-refractivity contribution >= 4 is 33.2 Å². The number of rotatable bonds is 5. The van der Waals surface area contributed by atoms with Crippen molar-refractivity contribution in [3.05, 3.63) is 59.6 Å². The highest BCUT2D eigenvalue weighted by molar-refractivity contribution is 7.89. The quantitative estimate of drug-likeness (QED) is 0.790. The van der Waals surface area contributed by atoms with Crippen LogP contribution in [-0.4, -0.2) is 51.4 Å². The molecule has 1 fully saturated rings. The Labute approximate surface area is 158 Å². The SMILES string of the molecule is O=C(C[NH+]1CCN(S(=O)(=O)c2ccc(Cl)cc2)CC1)Nc1ccccc1. The molecule has 2 aromatic carbocycles. The van der Waals surface area contributed by atoms with Crippen LogP contribution in [0.5, 0.6) is 0 Å². The van der Waals surface area contributed by atoms with Crippen LogP contribution in [0.4, 0.5) is 5.69 Å². The molecule has 0 unspecified atom stereocenters. The summed E-state index contributed by atoms with van der Waals surface area (Å²) in [5.74, 6) is -0.0693. The highest BCUT2D eigenvalue weighted by Crippen LogP contribution is 2.18. The number of carbonyl (C=O) groups excluding carboxylic acids is 1. The van der Waals surface area contributed by atoms with Crippen molar-refractivity contribution in [2.45, 2.75) is 4.90 Å². The number of halogens is 1. The number of para-hydroxylation sites is 1. The molecule has 8 heteroatoms. The molecule has 26 heavy (non-hydrogen) atoms. The molecule has 0 aromatic heterocycles. The summed E-state index contributed by atoms with van der Waals surface area (Å²) in [4.78, 5) is 13.4. The van der Waals surface area contributed by atoms with E-state index < -0.39 is 10.0 Å². The van der Waals surface area contributed by atoms with Crippen LogP contribution in [0.2, 0.25) is 5.02 Å². The molecule has 0 atom stereocenters. The van der Waals surface area contributed by atoms with E-state index in [1.807, 2.05) is 30.3 Å². The molecule has 1 heterocycles. The molecule has 0 spiro atoms. The standard InChI is InChI=1S/C18H20ClN3O3S/c19-15-6-8-17(9-7-15)26(24,25)22-12-10-21(11-13-22)14-18(23)20-16-4-2-1-3-5-16/h1-9H,10-14H2,(H,20,23)/p+1. The lowest BCUT2D eigenvalue weighted by atomic mass is 10.3. The fourth-order valence-corrected chi connectivity index (χ4v) is 4.50. The first-order valence-electron chi connectivity index (χ1n) is 8.39. The molecule has 1 amide bonds. The van der Waals surface area contributed by atoms with Gasteiger partial charge in [-0.2, -0.15) is 4.31 Å². The Morgan fingerprint density at radius 3 is 2.27 bits per heavy atom. The summed E-state index contributed by atoms with van der Waals surface area (Å²) in [5, 5.41) is 3.36. The number of amides is 1. The Bertz CT molecular complexity index is 849. The molecule has 138 valence electrons. The lowest BCUT2D eigenvalue weighted by Crippen LogP contribution is -3.15. The van der Waals surface area contributed by atoms with Crippen LogP contribution in [0.15, 0.2) is 59.5 Å². The minimum absolute atomic E-state index is 0.0693. The minimum atomic E-state index is -3.52. The molecule has 0 saturated carbocycles. The summed E-state index contributed by atoms with van der Waals surface area (Å²) < 4.78 is 26.8. The van der Waals surface area contributed by atoms with Gasteiger partial charge in [-0.1, -0.05) is 29.8 Å². The van der Waals surface area contributed by atoms with Crippen LogP contribution in [0, 0.1) is 0 Å². The first kappa shape index (κ1) is 18.8. The van der Waals surface area contributed by atoms with Gasteiger partial charge in [0.15, 0.2) is 6.54 Å². The second-order valence-electron chi connectivity index (χ2n) is 6.20. The number of nitrogens with one attached hydrogen (secondary N) is 2. The fraction of sp³-hybridized carbons (Fsp3) is 0.278. The Balaban J connectivity index is 1.54. The average Bonchev–Trinajstić information content (AvgIpc) is 2.63. The first-order valence-corrected chi connectivity index (χ1v) is 10.2. The summed E-state index contributed by atoms with van der Waals surface area (Å²) in [6.07, 6.45) is 0. The van der Waals surface area contributed by atoms with E-state index in [1.165, 1.54) is 16.4 Å². The molecule has 0 aliphatic carbocycles. The Morgan fingerprint density at radius 2 is 1.65 bits per heavy atom. The molecular weight excluding hydrogens is 374 g/mol. The largest absolute Gasteiger partial charge is 0.325 e. The molecule has 1 aliphatic heterocycles. The van der Waals surface area contributed by atoms with Crippen molar-refractivity contribution in [2.24, 2.45) is 0 Å². The van der Waals surface area contributed by atoms with Crippen LogP contribution in [0.3, 0.4) is 0 Å². The second kappa shape index (κ2) is 8.18. The topological polar surface area (TPSA) is 70.9 Å². The third kappa shape index (κ3) is 4.62. The molecule has 0 bridgehead atoms. The third-order valence-corrected chi connectivity index (χ3v) is 6.51. The molecule has 1 aliphatic rings. The normalized spacial score (nSPS) is 16.3. The number of anilines is 1. The summed E-state index contributed by atoms with van der Waals surface area (Å²) >= 11 is 5.82. The molecule has 1 saturated heterocycles. The van der Waals surface area contributed by atoms with Gasteiger partial charge < -0.3 is 10.2 Å². The maximum absolute atomic E-state index is 12.7. The van der Waals surface area contributed by atoms with Gasteiger partial charge in [0.05, 0.1) is 31.1 Å². The number of benzene rings is 2. The Morgan fingerprint density at radius 1 is 1.04 bits per heavy atom. The van der Waals surface area contributed by atoms with Crippen molar-refractivity contribution in [3.63, 3.8) is 0 Å². The van der Waals surface area contributed by atoms with Crippen molar-refractivity contribution in [1.29, 1.82) is 0 Å². The fourth-order valence-electron chi connectivity index (χ4n) is 2.93. The summed E-state index contributed by atoms with van der Waals surface area (Å²) in [7, 11) is -3.52. The molecular formula is C18H21ClN3O3S+. The average molecular weight is 395 g/mol. The predicted molar refractivity (Wildman–Crippen MR) is 101 cm³/mol. The van der Waals surface area contributed by atoms with Crippen molar-refractivity contribution in [3.8, 4) is 0 Å². The highest BCUT2D eigenvalue weighted by Gasteiger charge is 2.31. The van der Waals surface area contributed by atoms with Gasteiger partial charge in [0.1, 0.15) is 0 Å². The van der Waals surface area contributed by atoms with E-state index in [0.29, 0.717) is 37.7 Å². The molecule has 2 aromatic rings. The van der Waals surface area contributed by atoms with E-state index in [0.717, 1.165) is 10.6 Å². The van der Waals surface area contributed by atoms with Gasteiger partial charge in [0, 0.05) is 10.7 Å². The van der Waals surface area contributed by atoms with Gasteiger partial charge in [-0.15, -0.1) is 0 Å². The van der Waals surface area contributed by atoms with Gasteiger partial charge >= 0.3 is 0 Å². The zero-order valence-electron chi connectivity index (χ0n) is 14.2. The van der Waals surface area contributed by atoms with Crippen molar-refractivity contribution < 1.29 is 18.1 Å². The van der Waals surface area contributed by atoms with E-state index in [4.69, 9.17) is 11.6 Å². The lowest BCUT2D eigenvalue weighted by Gasteiger charge is -2.31. The van der Waals surface area contributed by atoms with Gasteiger partial charge in [0.25, 0.3) is 5.91 Å². The number of sulfonamides is 1. The molecule has 0 radical (unpaired) electrons. The molecule has 3 rings (SSSR count). The number of carbonyl (C=O) groups is 1. The third-order valence-electron chi connectivity index (χ3n) is 4.35. The maximum Gasteiger partial charge on any atom is 0.279 e. The van der Waals surface area contributed by atoms with E-state index in [-0.39, 0.29) is 10.8 Å². The number of hydrogen-bond donors (Lipinski definition) is 2. The van der Waals surface area contributed by atoms with Gasteiger partial charge in [0.2, 0.25) is 10.0 Å². The zero-order valence-corrected chi connectivity index (χ0v) is 15.8. The van der Waals surface area contributed by atoms with Crippen LogP contribution >= 0.6 is 11.6 Å². The zero-order chi connectivity index (χ0) is 18.6. The highest BCUT2D eigenvalue weighted by atomic mass is 35.5. The van der Waals surface area contributed by atoms with Gasteiger partial charge in [-0.25, -0.2) is 8.42 Å². The maximum atomic E-state index is 12.7. The first-order chi connectivity index (χ1) is 12.4. The van der Waals surface area contributed by atoms with E-state index >= 15 is 0 Å². The van der Waals surface area contributed by atoms with Gasteiger partial charge in [-0.05, 0) is 36.4 Å². The molecule has 6 nitrogen and oxygen atoms in total. The summed E-state index contributed by atoms with van der Waals surface area (Å²) in [6, 6.07) is 15.5. The number of quaternary nitrogens is 1. The number of hydrogen-bond acceptors (Lipinski definition) is 3. The predicted octanol–water partition coefficient (Wildman–Crippen LogP) is 0.868. The van der Waals surface area contributed by atoms with Crippen molar-refractivity contribution in [2.75, 3.05) is 38.0 Å². The van der Waals surface area contributed by atoms with Crippen LogP contribution in [0.1, 0.15) is 0 Å². The smallest absolute Gasteiger partial charge is 0.279 e. The monoisotopic (exact) mass is 394 g/mol. The molecule has 2 N–H and O–H groups in total. The summed E-state index contributed by atoms with van der Waals surface area (Å²) in [5.41, 5.74) is 0.765. The second-order valence-corrected chi connectivity index (χ2v) is 8.57. The number of piperazine rings is 1. The summed E-state index contributed by atoms with van der Waals surface area (Å²) in [6.45, 7) is 2.28. The van der Waals surface area contributed by atoms with Gasteiger partial charge in [-0.3, -0.25) is 4.79 Å². The van der Waals surface area contributed by atoms with E-state index in [9.17, 15) is 13.2 Å². The Kier molecular flexibility index (Phi) is 5.93. The van der Waals surface area contributed by atoms with Crippen LogP contribution in [-0.2, 0) is 14.8 Å². The Hall–Kier alpha value is -1.93. The van der Waals surface area contributed by atoms with E-state index in [2.05, 4.69) is 5.32 Å². The lowest BCUT2D eigenvalue weighted by molar-refractivity contribution is -0.895. The van der Waals surface area contributed by atoms with Crippen LogP contribution in [0.25, 0.3) is 0 Å². The van der Waals surface area contributed by atoms with E-state index in [1.54, 1.807) is 12.1 Å². The van der Waals surface area contributed by atoms with Crippen molar-refractivity contribution in [1.82, 2.24) is 4.31 Å². The number of nitrogens with zero attached hydrogens (tertiary/aromatic N) is 1.